The molecule has 5 nitrogen and oxygen atoms in total. The van der Waals surface area contributed by atoms with Gasteiger partial charge in [0.15, 0.2) is 11.5 Å². The summed E-state index contributed by atoms with van der Waals surface area (Å²) in [6, 6.07) is 11.9. The van der Waals surface area contributed by atoms with Gasteiger partial charge in [-0.1, -0.05) is 12.1 Å². The van der Waals surface area contributed by atoms with E-state index in [9.17, 15) is 9.18 Å². The third-order valence-electron chi connectivity index (χ3n) is 5.93. The molecular formula is C25H27FN2O3. The summed E-state index contributed by atoms with van der Waals surface area (Å²) in [5.74, 6) is 0.690. The molecule has 1 N–H and O–H groups in total. The molecule has 0 unspecified atom stereocenters. The predicted molar refractivity (Wildman–Crippen MR) is 119 cm³/mol. The van der Waals surface area contributed by atoms with Crippen LogP contribution in [0.4, 0.5) is 10.1 Å². The molecule has 0 spiro atoms. The molecule has 162 valence electrons. The van der Waals surface area contributed by atoms with Crippen molar-refractivity contribution in [3.8, 4) is 11.5 Å². The molecule has 1 aliphatic rings. The van der Waals surface area contributed by atoms with Gasteiger partial charge in [-0.2, -0.15) is 0 Å². The third-order valence-corrected chi connectivity index (χ3v) is 5.93. The molecule has 1 amide bonds. The lowest BCUT2D eigenvalue weighted by molar-refractivity contribution is 0.101. The maximum absolute atomic E-state index is 13.8. The zero-order valence-electron chi connectivity index (χ0n) is 18.1. The van der Waals surface area contributed by atoms with E-state index in [0.29, 0.717) is 29.4 Å². The van der Waals surface area contributed by atoms with Gasteiger partial charge in [0.2, 0.25) is 0 Å². The number of carbonyl (C=O) groups excluding carboxylic acids is 1. The average Bonchev–Trinajstić information content (AvgIpc) is 3.05. The molecule has 1 aromatic heterocycles. The van der Waals surface area contributed by atoms with Crippen LogP contribution < -0.4 is 14.8 Å². The molecule has 4 rings (SSSR count). The highest BCUT2D eigenvalue weighted by Gasteiger charge is 2.26. The standard InChI is InChI=1S/C25H27FN2O3/c1-16-20-9-4-5-10-21(20)28(15-17-7-6-8-18(26)13-17)24(16)25(29)27-19-11-12-22(30-2)23(14-19)31-3/h6-8,11-14H,4-5,9-10,15H2,1-3H3,(H,27,29). The molecule has 0 atom stereocenters. The summed E-state index contributed by atoms with van der Waals surface area (Å²) in [7, 11) is 3.13. The van der Waals surface area contributed by atoms with Gasteiger partial charge >= 0.3 is 0 Å². The van der Waals surface area contributed by atoms with E-state index in [1.54, 1.807) is 38.5 Å². The number of methoxy groups -OCH3 is 2. The summed E-state index contributed by atoms with van der Waals surface area (Å²) >= 11 is 0. The monoisotopic (exact) mass is 422 g/mol. The van der Waals surface area contributed by atoms with E-state index in [1.807, 2.05) is 13.0 Å². The highest BCUT2D eigenvalue weighted by molar-refractivity contribution is 6.05. The molecule has 0 saturated heterocycles. The fraction of sp³-hybridized carbons (Fsp3) is 0.320. The molecule has 0 bridgehead atoms. The summed E-state index contributed by atoms with van der Waals surface area (Å²) in [6.07, 6.45) is 4.11. The van der Waals surface area contributed by atoms with Crippen LogP contribution in [0.3, 0.4) is 0 Å². The molecule has 2 aromatic carbocycles. The fourth-order valence-corrected chi connectivity index (χ4v) is 4.46. The number of rotatable bonds is 6. The van der Waals surface area contributed by atoms with E-state index >= 15 is 0 Å². The van der Waals surface area contributed by atoms with Crippen molar-refractivity contribution in [3.05, 3.63) is 76.4 Å². The average molecular weight is 423 g/mol. The van der Waals surface area contributed by atoms with Crippen molar-refractivity contribution in [2.24, 2.45) is 0 Å². The second kappa shape index (κ2) is 8.84. The summed E-state index contributed by atoms with van der Waals surface area (Å²) in [5.41, 5.74) is 5.53. The molecule has 0 saturated carbocycles. The maximum atomic E-state index is 13.8. The Morgan fingerprint density at radius 1 is 1.06 bits per heavy atom. The van der Waals surface area contributed by atoms with Gasteiger partial charge in [-0.25, -0.2) is 4.39 Å². The summed E-state index contributed by atoms with van der Waals surface area (Å²) in [5, 5.41) is 3.00. The quantitative estimate of drug-likeness (QED) is 0.599. The number of ether oxygens (including phenoxy) is 2. The number of fused-ring (bicyclic) bond motifs is 1. The molecule has 0 radical (unpaired) electrons. The fourth-order valence-electron chi connectivity index (χ4n) is 4.46. The molecule has 0 aliphatic heterocycles. The van der Waals surface area contributed by atoms with Crippen molar-refractivity contribution in [2.75, 3.05) is 19.5 Å². The second-order valence-corrected chi connectivity index (χ2v) is 7.85. The Hall–Kier alpha value is -3.28. The molecule has 6 heteroatoms. The van der Waals surface area contributed by atoms with E-state index in [-0.39, 0.29) is 11.7 Å². The van der Waals surface area contributed by atoms with Crippen LogP contribution in [0, 0.1) is 12.7 Å². The molecular weight excluding hydrogens is 395 g/mol. The lowest BCUT2D eigenvalue weighted by Gasteiger charge is -2.17. The van der Waals surface area contributed by atoms with Gasteiger partial charge in [0.05, 0.1) is 14.2 Å². The zero-order valence-corrected chi connectivity index (χ0v) is 18.1. The predicted octanol–water partition coefficient (Wildman–Crippen LogP) is 5.13. The van der Waals surface area contributed by atoms with Crippen LogP contribution in [-0.4, -0.2) is 24.7 Å². The van der Waals surface area contributed by atoms with Crippen molar-refractivity contribution >= 4 is 11.6 Å². The smallest absolute Gasteiger partial charge is 0.272 e. The number of halogens is 1. The van der Waals surface area contributed by atoms with Crippen LogP contribution in [0.1, 0.15) is 45.7 Å². The Morgan fingerprint density at radius 2 is 1.84 bits per heavy atom. The Kier molecular flexibility index (Phi) is 5.98. The Bertz CT molecular complexity index is 1120. The highest BCUT2D eigenvalue weighted by Crippen LogP contribution is 2.33. The van der Waals surface area contributed by atoms with Crippen LogP contribution in [-0.2, 0) is 19.4 Å². The minimum atomic E-state index is -0.272. The molecule has 31 heavy (non-hydrogen) atoms. The number of nitrogens with one attached hydrogen (secondary N) is 1. The van der Waals surface area contributed by atoms with Crippen LogP contribution in [0.25, 0.3) is 0 Å². The molecule has 3 aromatic rings. The van der Waals surface area contributed by atoms with Crippen molar-refractivity contribution < 1.29 is 18.7 Å². The van der Waals surface area contributed by atoms with E-state index in [1.165, 1.54) is 23.4 Å². The van der Waals surface area contributed by atoms with E-state index in [4.69, 9.17) is 9.47 Å². The first-order valence-electron chi connectivity index (χ1n) is 10.5. The summed E-state index contributed by atoms with van der Waals surface area (Å²) < 4.78 is 26.5. The van der Waals surface area contributed by atoms with Crippen LogP contribution >= 0.6 is 0 Å². The highest BCUT2D eigenvalue weighted by atomic mass is 19.1. The van der Waals surface area contributed by atoms with E-state index in [2.05, 4.69) is 9.88 Å². The van der Waals surface area contributed by atoms with E-state index < -0.39 is 0 Å². The first-order chi connectivity index (χ1) is 15.0. The number of benzene rings is 2. The minimum absolute atomic E-state index is 0.185. The second-order valence-electron chi connectivity index (χ2n) is 7.85. The molecule has 1 aliphatic carbocycles. The first-order valence-corrected chi connectivity index (χ1v) is 10.5. The van der Waals surface area contributed by atoms with Crippen molar-refractivity contribution in [1.82, 2.24) is 4.57 Å². The number of aromatic nitrogens is 1. The topological polar surface area (TPSA) is 52.5 Å². The normalized spacial score (nSPS) is 12.9. The Balaban J connectivity index is 1.71. The van der Waals surface area contributed by atoms with Crippen molar-refractivity contribution in [3.63, 3.8) is 0 Å². The summed E-state index contributed by atoms with van der Waals surface area (Å²) in [4.78, 5) is 13.4. The summed E-state index contributed by atoms with van der Waals surface area (Å²) in [6.45, 7) is 2.47. The lowest BCUT2D eigenvalue weighted by atomic mass is 9.95. The largest absolute Gasteiger partial charge is 0.493 e. The Labute approximate surface area is 181 Å². The SMILES string of the molecule is COc1ccc(NC(=O)c2c(C)c3c(n2Cc2cccc(F)c2)CCCC3)cc1OC. The van der Waals surface area contributed by atoms with Crippen LogP contribution in [0.15, 0.2) is 42.5 Å². The lowest BCUT2D eigenvalue weighted by Crippen LogP contribution is -2.20. The van der Waals surface area contributed by atoms with E-state index in [0.717, 1.165) is 36.8 Å². The minimum Gasteiger partial charge on any atom is -0.493 e. The van der Waals surface area contributed by atoms with Gasteiger partial charge in [0, 0.05) is 24.0 Å². The number of nitrogens with zero attached hydrogens (tertiary/aromatic N) is 1. The number of amides is 1. The van der Waals surface area contributed by atoms with Crippen molar-refractivity contribution in [1.29, 1.82) is 0 Å². The number of hydrogen-bond donors (Lipinski definition) is 1. The molecule has 1 heterocycles. The maximum Gasteiger partial charge on any atom is 0.272 e. The van der Waals surface area contributed by atoms with Gasteiger partial charge < -0.3 is 19.4 Å². The van der Waals surface area contributed by atoms with Gasteiger partial charge in [-0.15, -0.1) is 0 Å². The van der Waals surface area contributed by atoms with Crippen LogP contribution in [0.5, 0.6) is 11.5 Å². The van der Waals surface area contributed by atoms with Gasteiger partial charge in [0.1, 0.15) is 11.5 Å². The third kappa shape index (κ3) is 4.15. The molecule has 0 fully saturated rings. The van der Waals surface area contributed by atoms with Crippen molar-refractivity contribution in [2.45, 2.75) is 39.2 Å². The zero-order chi connectivity index (χ0) is 22.0. The van der Waals surface area contributed by atoms with Gasteiger partial charge in [0.25, 0.3) is 5.91 Å². The Morgan fingerprint density at radius 3 is 2.58 bits per heavy atom. The number of hydrogen-bond acceptors (Lipinski definition) is 3. The first kappa shape index (κ1) is 21.0. The van der Waals surface area contributed by atoms with Crippen LogP contribution in [0.2, 0.25) is 0 Å². The number of carbonyl (C=O) groups is 1. The van der Waals surface area contributed by atoms with Gasteiger partial charge in [-0.05, 0) is 73.6 Å². The van der Waals surface area contributed by atoms with Gasteiger partial charge in [-0.3, -0.25) is 4.79 Å². The number of anilines is 1.